The van der Waals surface area contributed by atoms with Gasteiger partial charge in [0.05, 0.1) is 0 Å². The van der Waals surface area contributed by atoms with E-state index in [2.05, 4.69) is 12.2 Å². The topological polar surface area (TPSA) is 12.0 Å². The maximum absolute atomic E-state index is 3.67. The van der Waals surface area contributed by atoms with Crippen molar-refractivity contribution >= 4 is 0 Å². The largest absolute Gasteiger partial charge is 0.311 e. The van der Waals surface area contributed by atoms with Crippen molar-refractivity contribution in [2.24, 2.45) is 5.92 Å². The molecule has 1 heteroatoms. The fraction of sp³-hybridized carbons (Fsp3) is 1.00. The fourth-order valence-electron chi connectivity index (χ4n) is 2.43. The Morgan fingerprint density at radius 2 is 2.40 bits per heavy atom. The van der Waals surface area contributed by atoms with Crippen LogP contribution in [0.15, 0.2) is 0 Å². The zero-order valence-corrected chi connectivity index (χ0v) is 6.82. The third-order valence-corrected chi connectivity index (χ3v) is 3.25. The van der Waals surface area contributed by atoms with Gasteiger partial charge in [-0.1, -0.05) is 19.8 Å². The lowest BCUT2D eigenvalue weighted by molar-refractivity contribution is 0.355. The standard InChI is InChI=1S/C9H17N/c1-2-8-7-9(8)5-3-4-6-10-9/h8,10H,2-7H2,1H3. The molecule has 1 spiro atoms. The summed E-state index contributed by atoms with van der Waals surface area (Å²) in [5, 5.41) is 3.67. The van der Waals surface area contributed by atoms with E-state index in [0.29, 0.717) is 5.54 Å². The molecule has 0 amide bonds. The predicted octanol–water partition coefficient (Wildman–Crippen LogP) is 1.93. The van der Waals surface area contributed by atoms with E-state index in [0.717, 1.165) is 5.92 Å². The summed E-state index contributed by atoms with van der Waals surface area (Å²) in [7, 11) is 0. The van der Waals surface area contributed by atoms with Crippen molar-refractivity contribution in [1.29, 1.82) is 0 Å². The van der Waals surface area contributed by atoms with Gasteiger partial charge < -0.3 is 5.32 Å². The second-order valence-electron chi connectivity index (χ2n) is 3.85. The highest BCUT2D eigenvalue weighted by atomic mass is 15.0. The third-order valence-electron chi connectivity index (χ3n) is 3.25. The van der Waals surface area contributed by atoms with Crippen molar-refractivity contribution in [3.63, 3.8) is 0 Å². The Bertz CT molecular complexity index is 125. The van der Waals surface area contributed by atoms with Gasteiger partial charge in [0.1, 0.15) is 0 Å². The summed E-state index contributed by atoms with van der Waals surface area (Å²) in [6.07, 6.45) is 7.16. The Morgan fingerprint density at radius 3 is 2.90 bits per heavy atom. The zero-order chi connectivity index (χ0) is 7.03. The van der Waals surface area contributed by atoms with E-state index in [9.17, 15) is 0 Å². The van der Waals surface area contributed by atoms with E-state index >= 15 is 0 Å². The predicted molar refractivity (Wildman–Crippen MR) is 43.0 cm³/mol. The second kappa shape index (κ2) is 2.23. The van der Waals surface area contributed by atoms with Crippen LogP contribution in [-0.4, -0.2) is 12.1 Å². The van der Waals surface area contributed by atoms with Gasteiger partial charge in [-0.15, -0.1) is 0 Å². The van der Waals surface area contributed by atoms with Gasteiger partial charge in [0.25, 0.3) is 0 Å². The van der Waals surface area contributed by atoms with E-state index < -0.39 is 0 Å². The minimum atomic E-state index is 0.646. The van der Waals surface area contributed by atoms with E-state index in [1.165, 1.54) is 38.6 Å². The Morgan fingerprint density at radius 1 is 1.50 bits per heavy atom. The van der Waals surface area contributed by atoms with Crippen LogP contribution in [0.4, 0.5) is 0 Å². The Labute approximate surface area is 63.2 Å². The van der Waals surface area contributed by atoms with E-state index in [1.54, 1.807) is 0 Å². The van der Waals surface area contributed by atoms with Gasteiger partial charge in [-0.25, -0.2) is 0 Å². The maximum atomic E-state index is 3.67. The minimum absolute atomic E-state index is 0.646. The molecule has 0 radical (unpaired) electrons. The highest BCUT2D eigenvalue weighted by Crippen LogP contribution is 2.50. The molecule has 0 aromatic heterocycles. The van der Waals surface area contributed by atoms with Gasteiger partial charge in [-0.05, 0) is 31.7 Å². The molecule has 1 saturated carbocycles. The van der Waals surface area contributed by atoms with Gasteiger partial charge in [0.2, 0.25) is 0 Å². The van der Waals surface area contributed by atoms with Crippen LogP contribution in [0.1, 0.15) is 39.0 Å². The quantitative estimate of drug-likeness (QED) is 0.585. The highest BCUT2D eigenvalue weighted by Gasteiger charge is 2.52. The van der Waals surface area contributed by atoms with Gasteiger partial charge in [0.15, 0.2) is 0 Å². The number of rotatable bonds is 1. The molecule has 0 aromatic carbocycles. The van der Waals surface area contributed by atoms with Crippen molar-refractivity contribution in [3.8, 4) is 0 Å². The van der Waals surface area contributed by atoms with Crippen molar-refractivity contribution in [2.75, 3.05) is 6.54 Å². The molecule has 1 saturated heterocycles. The van der Waals surface area contributed by atoms with Crippen LogP contribution in [0, 0.1) is 5.92 Å². The van der Waals surface area contributed by atoms with Gasteiger partial charge in [0, 0.05) is 5.54 Å². The first-order valence-corrected chi connectivity index (χ1v) is 4.62. The van der Waals surface area contributed by atoms with Gasteiger partial charge >= 0.3 is 0 Å². The summed E-state index contributed by atoms with van der Waals surface area (Å²) in [5.41, 5.74) is 0.646. The van der Waals surface area contributed by atoms with Crippen molar-refractivity contribution in [1.82, 2.24) is 5.32 Å². The molecule has 0 bridgehead atoms. The molecule has 1 heterocycles. The van der Waals surface area contributed by atoms with E-state index in [1.807, 2.05) is 0 Å². The van der Waals surface area contributed by atoms with Crippen molar-refractivity contribution < 1.29 is 0 Å². The molecule has 1 N–H and O–H groups in total. The fourth-order valence-corrected chi connectivity index (χ4v) is 2.43. The number of hydrogen-bond donors (Lipinski definition) is 1. The highest BCUT2D eigenvalue weighted by molar-refractivity contribution is 5.10. The molecule has 2 aliphatic rings. The van der Waals surface area contributed by atoms with Gasteiger partial charge in [-0.3, -0.25) is 0 Å². The maximum Gasteiger partial charge on any atom is 0.0213 e. The minimum Gasteiger partial charge on any atom is -0.311 e. The van der Waals surface area contributed by atoms with Crippen LogP contribution in [-0.2, 0) is 0 Å². The summed E-state index contributed by atoms with van der Waals surface area (Å²) in [5.74, 6) is 1.02. The van der Waals surface area contributed by atoms with E-state index in [-0.39, 0.29) is 0 Å². The average molecular weight is 139 g/mol. The number of piperidine rings is 1. The smallest absolute Gasteiger partial charge is 0.0213 e. The lowest BCUT2D eigenvalue weighted by Gasteiger charge is -2.24. The molecular weight excluding hydrogens is 122 g/mol. The van der Waals surface area contributed by atoms with Crippen molar-refractivity contribution in [3.05, 3.63) is 0 Å². The summed E-state index contributed by atoms with van der Waals surface area (Å²) in [6.45, 7) is 3.59. The molecule has 10 heavy (non-hydrogen) atoms. The molecule has 2 rings (SSSR count). The Kier molecular flexibility index (Phi) is 1.48. The summed E-state index contributed by atoms with van der Waals surface area (Å²) >= 11 is 0. The Hall–Kier alpha value is -0.0400. The first-order chi connectivity index (χ1) is 4.87. The van der Waals surface area contributed by atoms with Crippen LogP contribution in [0.25, 0.3) is 0 Å². The number of hydrogen-bond acceptors (Lipinski definition) is 1. The van der Waals surface area contributed by atoms with Crippen molar-refractivity contribution in [2.45, 2.75) is 44.6 Å². The van der Waals surface area contributed by atoms with Crippen LogP contribution in [0.3, 0.4) is 0 Å². The Balaban J connectivity index is 1.92. The summed E-state index contributed by atoms with van der Waals surface area (Å²) in [6, 6.07) is 0. The van der Waals surface area contributed by atoms with Crippen LogP contribution < -0.4 is 5.32 Å². The van der Waals surface area contributed by atoms with Crippen LogP contribution in [0.2, 0.25) is 0 Å². The van der Waals surface area contributed by atoms with Gasteiger partial charge in [-0.2, -0.15) is 0 Å². The summed E-state index contributed by atoms with van der Waals surface area (Å²) < 4.78 is 0. The van der Waals surface area contributed by atoms with E-state index in [4.69, 9.17) is 0 Å². The van der Waals surface area contributed by atoms with Crippen LogP contribution in [0.5, 0.6) is 0 Å². The molecular formula is C9H17N. The molecule has 2 atom stereocenters. The second-order valence-corrected chi connectivity index (χ2v) is 3.85. The lowest BCUT2D eigenvalue weighted by atomic mass is 10.00. The first-order valence-electron chi connectivity index (χ1n) is 4.62. The number of nitrogens with one attached hydrogen (secondary N) is 1. The molecule has 0 aromatic rings. The molecule has 2 unspecified atom stereocenters. The normalized spacial score (nSPS) is 45.9. The SMILES string of the molecule is CCC1CC12CCCCN2. The van der Waals surface area contributed by atoms with Crippen LogP contribution >= 0.6 is 0 Å². The molecule has 58 valence electrons. The molecule has 1 nitrogen and oxygen atoms in total. The third kappa shape index (κ3) is 0.878. The molecule has 1 aliphatic carbocycles. The lowest BCUT2D eigenvalue weighted by Crippen LogP contribution is -2.37. The monoisotopic (exact) mass is 139 g/mol. The molecule has 2 fully saturated rings. The molecule has 1 aliphatic heterocycles. The summed E-state index contributed by atoms with van der Waals surface area (Å²) in [4.78, 5) is 0. The average Bonchev–Trinajstić information content (AvgIpc) is 2.65. The first kappa shape index (κ1) is 6.66. The zero-order valence-electron chi connectivity index (χ0n) is 6.82.